The van der Waals surface area contributed by atoms with Gasteiger partial charge in [0.15, 0.2) is 5.65 Å². The predicted octanol–water partition coefficient (Wildman–Crippen LogP) is 5.63. The fourth-order valence-corrected chi connectivity index (χ4v) is 5.80. The highest BCUT2D eigenvalue weighted by atomic mass is 28.3. The number of rotatable bonds is 12. The van der Waals surface area contributed by atoms with Crippen molar-refractivity contribution in [2.24, 2.45) is 0 Å². The summed E-state index contributed by atoms with van der Waals surface area (Å²) >= 11 is 0. The Balaban J connectivity index is 1.21. The van der Waals surface area contributed by atoms with Crippen molar-refractivity contribution in [3.8, 4) is 17.0 Å². The Bertz CT molecular complexity index is 1500. The van der Waals surface area contributed by atoms with Crippen LogP contribution in [0.25, 0.3) is 22.3 Å². The molecule has 2 fully saturated rings. The number of para-hydroxylation sites is 1. The molecule has 3 aromatic rings. The van der Waals surface area contributed by atoms with Crippen molar-refractivity contribution in [3.05, 3.63) is 36.4 Å². The number of hydrogen-bond donors (Lipinski definition) is 2. The molecule has 1 aliphatic carbocycles. The van der Waals surface area contributed by atoms with Crippen LogP contribution in [0, 0.1) is 0 Å². The van der Waals surface area contributed by atoms with Crippen LogP contribution in [-0.4, -0.2) is 102 Å². The number of carbonyl (C=O) groups is 2. The quantitative estimate of drug-likeness (QED) is 0.191. The summed E-state index contributed by atoms with van der Waals surface area (Å²) in [6.07, 6.45) is 2.11. The van der Waals surface area contributed by atoms with Gasteiger partial charge in [0, 0.05) is 64.9 Å². The van der Waals surface area contributed by atoms with Gasteiger partial charge in [-0.2, -0.15) is 5.10 Å². The summed E-state index contributed by atoms with van der Waals surface area (Å²) in [5.74, 6) is 1.23. The normalized spacial score (nSPS) is 16.0. The number of hydrogen-bond acceptors (Lipinski definition) is 8. The minimum Gasteiger partial charge on any atom is -0.490 e. The van der Waals surface area contributed by atoms with E-state index in [0.717, 1.165) is 54.4 Å². The minimum absolute atomic E-state index is 0.258. The van der Waals surface area contributed by atoms with Crippen molar-refractivity contribution in [1.29, 1.82) is 0 Å². The Morgan fingerprint density at radius 2 is 1.76 bits per heavy atom. The second-order valence-corrected chi connectivity index (χ2v) is 19.9. The zero-order valence-corrected chi connectivity index (χ0v) is 29.1. The first-order valence-corrected chi connectivity index (χ1v) is 20.0. The van der Waals surface area contributed by atoms with Gasteiger partial charge in [0.25, 0.3) is 0 Å². The average molecular weight is 652 g/mol. The molecular formula is C33H49N7O5Si. The highest BCUT2D eigenvalue weighted by molar-refractivity contribution is 6.76. The first kappa shape index (κ1) is 33.7. The van der Waals surface area contributed by atoms with E-state index in [2.05, 4.69) is 35.2 Å². The van der Waals surface area contributed by atoms with E-state index in [1.807, 2.05) is 51.1 Å². The first-order valence-electron chi connectivity index (χ1n) is 16.3. The Kier molecular flexibility index (Phi) is 10.5. The number of fused-ring (bicyclic) bond motifs is 1. The number of aromatic nitrogens is 3. The van der Waals surface area contributed by atoms with Crippen molar-refractivity contribution >= 4 is 37.0 Å². The largest absolute Gasteiger partial charge is 0.490 e. The van der Waals surface area contributed by atoms with Gasteiger partial charge in [-0.3, -0.25) is 10.2 Å². The van der Waals surface area contributed by atoms with Crippen LogP contribution in [0.5, 0.6) is 5.75 Å². The molecule has 0 unspecified atom stereocenters. The molecule has 12 nitrogen and oxygen atoms in total. The molecule has 1 aliphatic heterocycles. The van der Waals surface area contributed by atoms with E-state index in [9.17, 15) is 9.59 Å². The molecule has 2 aromatic heterocycles. The second kappa shape index (κ2) is 14.4. The lowest BCUT2D eigenvalue weighted by atomic mass is 10.1. The molecule has 0 spiro atoms. The van der Waals surface area contributed by atoms with Gasteiger partial charge < -0.3 is 24.4 Å². The van der Waals surface area contributed by atoms with Crippen LogP contribution in [0.15, 0.2) is 36.4 Å². The lowest BCUT2D eigenvalue weighted by molar-refractivity contribution is 0.0147. The Labute approximate surface area is 272 Å². The van der Waals surface area contributed by atoms with E-state index in [1.165, 1.54) is 0 Å². The predicted molar refractivity (Wildman–Crippen MR) is 182 cm³/mol. The summed E-state index contributed by atoms with van der Waals surface area (Å²) in [4.78, 5) is 33.9. The fraction of sp³-hybridized carbons (Fsp3) is 0.576. The third-order valence-electron chi connectivity index (χ3n) is 7.74. The smallest absolute Gasteiger partial charge is 0.410 e. The summed E-state index contributed by atoms with van der Waals surface area (Å²) in [7, 11) is -1.24. The van der Waals surface area contributed by atoms with Crippen molar-refractivity contribution in [3.63, 3.8) is 0 Å². The summed E-state index contributed by atoms with van der Waals surface area (Å²) in [6.45, 7) is 17.3. The summed E-state index contributed by atoms with van der Waals surface area (Å²) in [6, 6.07) is 12.4. The number of benzene rings is 1. The first-order chi connectivity index (χ1) is 21.8. The number of nitrogens with zero attached hydrogens (tertiary/aromatic N) is 5. The van der Waals surface area contributed by atoms with Crippen LogP contribution in [0.3, 0.4) is 0 Å². The number of nitrogens with one attached hydrogen (secondary N) is 2. The van der Waals surface area contributed by atoms with Crippen LogP contribution in [0.4, 0.5) is 15.4 Å². The maximum absolute atomic E-state index is 12.8. The van der Waals surface area contributed by atoms with Crippen molar-refractivity contribution in [2.45, 2.75) is 77.7 Å². The molecule has 13 heteroatoms. The van der Waals surface area contributed by atoms with Crippen molar-refractivity contribution < 1.29 is 23.8 Å². The molecule has 3 heterocycles. The van der Waals surface area contributed by atoms with E-state index < -0.39 is 13.7 Å². The maximum atomic E-state index is 12.8. The molecular weight excluding hydrogens is 602 g/mol. The molecule has 0 bridgehead atoms. The Morgan fingerprint density at radius 3 is 2.46 bits per heavy atom. The maximum Gasteiger partial charge on any atom is 0.410 e. The Morgan fingerprint density at radius 1 is 1.02 bits per heavy atom. The average Bonchev–Trinajstić information content (AvgIpc) is 3.73. The zero-order chi connectivity index (χ0) is 32.9. The number of piperazine rings is 1. The van der Waals surface area contributed by atoms with E-state index in [4.69, 9.17) is 24.3 Å². The van der Waals surface area contributed by atoms with Crippen LogP contribution in [-0.2, 0) is 16.2 Å². The highest BCUT2D eigenvalue weighted by Crippen LogP contribution is 2.37. The van der Waals surface area contributed by atoms with E-state index >= 15 is 0 Å². The standard InChI is InChI=1S/C33H49N7O5Si/c1-33(2,3)45-32(42)39-19-17-38(18-20-39)16-15-34-31(41)36-28-14-13-26-29(25-9-7-8-10-27(25)44-24-11-12-24)37-40(30(26)35-28)23-43-21-22-46(4,5)6/h7-10,13-14,24H,11-12,15-23H2,1-6H3,(H2,34,35,36,41). The molecule has 0 radical (unpaired) electrons. The van der Waals surface area contributed by atoms with Gasteiger partial charge in [-0.05, 0) is 63.9 Å². The number of amides is 3. The fourth-order valence-electron chi connectivity index (χ4n) is 5.04. The monoisotopic (exact) mass is 651 g/mol. The van der Waals surface area contributed by atoms with Gasteiger partial charge in [-0.15, -0.1) is 0 Å². The van der Waals surface area contributed by atoms with Gasteiger partial charge in [0.2, 0.25) is 0 Å². The molecule has 46 heavy (non-hydrogen) atoms. The lowest BCUT2D eigenvalue weighted by Crippen LogP contribution is -2.51. The molecule has 1 saturated heterocycles. The molecule has 1 saturated carbocycles. The summed E-state index contributed by atoms with van der Waals surface area (Å²) in [5.41, 5.74) is 1.80. The zero-order valence-electron chi connectivity index (χ0n) is 28.1. The van der Waals surface area contributed by atoms with Gasteiger partial charge in [-0.1, -0.05) is 31.8 Å². The SMILES string of the molecule is CC(C)(C)OC(=O)N1CCN(CCNC(=O)Nc2ccc3c(-c4ccccc4OC4CC4)nn(COCC[Si](C)(C)C)c3n2)CC1. The van der Waals surface area contributed by atoms with Gasteiger partial charge in [-0.25, -0.2) is 19.3 Å². The molecule has 1 aromatic carbocycles. The molecule has 2 N–H and O–H groups in total. The van der Waals surface area contributed by atoms with Crippen LogP contribution < -0.4 is 15.4 Å². The summed E-state index contributed by atoms with van der Waals surface area (Å²) in [5, 5.41) is 11.6. The third-order valence-corrected chi connectivity index (χ3v) is 9.45. The molecule has 5 rings (SSSR count). The molecule has 3 amide bonds. The van der Waals surface area contributed by atoms with E-state index in [1.54, 1.807) is 15.6 Å². The highest BCUT2D eigenvalue weighted by Gasteiger charge is 2.27. The van der Waals surface area contributed by atoms with Gasteiger partial charge >= 0.3 is 12.1 Å². The number of anilines is 1. The van der Waals surface area contributed by atoms with Gasteiger partial charge in [0.05, 0.1) is 6.10 Å². The van der Waals surface area contributed by atoms with Crippen LogP contribution >= 0.6 is 0 Å². The van der Waals surface area contributed by atoms with Crippen LogP contribution in [0.2, 0.25) is 25.7 Å². The molecule has 250 valence electrons. The number of urea groups is 1. The van der Waals surface area contributed by atoms with Crippen molar-refractivity contribution in [2.75, 3.05) is 51.2 Å². The number of pyridine rings is 1. The van der Waals surface area contributed by atoms with E-state index in [0.29, 0.717) is 44.3 Å². The second-order valence-electron chi connectivity index (χ2n) is 14.3. The van der Waals surface area contributed by atoms with Crippen LogP contribution in [0.1, 0.15) is 33.6 Å². The topological polar surface area (TPSA) is 123 Å². The number of ether oxygens (including phenoxy) is 3. The van der Waals surface area contributed by atoms with Crippen molar-refractivity contribution in [1.82, 2.24) is 29.9 Å². The Hall–Kier alpha value is -3.68. The lowest BCUT2D eigenvalue weighted by Gasteiger charge is -2.35. The molecule has 2 aliphatic rings. The van der Waals surface area contributed by atoms with E-state index in [-0.39, 0.29) is 25.0 Å². The van der Waals surface area contributed by atoms with Gasteiger partial charge in [0.1, 0.15) is 29.6 Å². The molecule has 0 atom stereocenters. The minimum atomic E-state index is -1.24. The summed E-state index contributed by atoms with van der Waals surface area (Å²) < 4.78 is 19.5. The third kappa shape index (κ3) is 9.66. The number of carbonyl (C=O) groups excluding carboxylic acids is 2.